The van der Waals surface area contributed by atoms with Gasteiger partial charge in [0.05, 0.1) is 11.6 Å². The Kier molecular flexibility index (Phi) is 6.22. The van der Waals surface area contributed by atoms with E-state index in [9.17, 15) is 0 Å². The van der Waals surface area contributed by atoms with E-state index in [1.807, 2.05) is 12.1 Å². The van der Waals surface area contributed by atoms with Gasteiger partial charge in [-0.05, 0) is 76.0 Å². The van der Waals surface area contributed by atoms with Crippen molar-refractivity contribution in [3.63, 3.8) is 0 Å². The first-order chi connectivity index (χ1) is 10.2. The second-order valence-electron chi connectivity index (χ2n) is 6.16. The number of rotatable bonds is 6. The molecular formula is C18H27N3. The molecule has 3 nitrogen and oxygen atoms in total. The van der Waals surface area contributed by atoms with Crippen molar-refractivity contribution in [2.45, 2.75) is 52.1 Å². The molecule has 114 valence electrons. The van der Waals surface area contributed by atoms with Gasteiger partial charge in [-0.1, -0.05) is 12.5 Å². The maximum atomic E-state index is 8.87. The summed E-state index contributed by atoms with van der Waals surface area (Å²) in [5.41, 5.74) is 3.24. The summed E-state index contributed by atoms with van der Waals surface area (Å²) in [5.74, 6) is 0. The normalized spacial score (nSPS) is 19.4. The molecule has 1 aromatic carbocycles. The minimum atomic E-state index is 0.746. The first-order valence-corrected chi connectivity index (χ1v) is 8.15. The summed E-state index contributed by atoms with van der Waals surface area (Å²) in [4.78, 5) is 2.62. The molecule has 1 fully saturated rings. The maximum Gasteiger partial charge on any atom is 0.0991 e. The van der Waals surface area contributed by atoms with Crippen molar-refractivity contribution in [2.24, 2.45) is 0 Å². The summed E-state index contributed by atoms with van der Waals surface area (Å²) in [6, 6.07) is 8.88. The first-order valence-electron chi connectivity index (χ1n) is 8.15. The molecule has 0 aromatic heterocycles. The Morgan fingerprint density at radius 3 is 2.95 bits per heavy atom. The standard InChI is InChI=1S/C18H27N3/c1-15-12-17(13-19)7-8-18(15)14-20-9-5-11-21-10-4-3-6-16(21)2/h7-8,12,16,20H,3-6,9-11,14H2,1-2H3. The molecule has 2 rings (SSSR count). The van der Waals surface area contributed by atoms with Gasteiger partial charge in [-0.2, -0.15) is 5.26 Å². The number of piperidine rings is 1. The van der Waals surface area contributed by atoms with Crippen molar-refractivity contribution in [1.29, 1.82) is 5.26 Å². The summed E-state index contributed by atoms with van der Waals surface area (Å²) in [6.45, 7) is 8.87. The lowest BCUT2D eigenvalue weighted by Gasteiger charge is -2.33. The largest absolute Gasteiger partial charge is 0.313 e. The van der Waals surface area contributed by atoms with Crippen molar-refractivity contribution in [3.8, 4) is 6.07 Å². The van der Waals surface area contributed by atoms with Gasteiger partial charge in [0.15, 0.2) is 0 Å². The molecule has 0 amide bonds. The highest BCUT2D eigenvalue weighted by atomic mass is 15.2. The van der Waals surface area contributed by atoms with Crippen LogP contribution >= 0.6 is 0 Å². The molecule has 3 heteroatoms. The number of nitrogens with zero attached hydrogens (tertiary/aromatic N) is 2. The number of nitrogens with one attached hydrogen (secondary N) is 1. The van der Waals surface area contributed by atoms with Crippen LogP contribution in [0.2, 0.25) is 0 Å². The predicted octanol–water partition coefficient (Wildman–Crippen LogP) is 3.22. The van der Waals surface area contributed by atoms with Crippen molar-refractivity contribution in [3.05, 3.63) is 34.9 Å². The minimum Gasteiger partial charge on any atom is -0.313 e. The SMILES string of the molecule is Cc1cc(C#N)ccc1CNCCCN1CCCCC1C. The third-order valence-corrected chi connectivity index (χ3v) is 4.53. The topological polar surface area (TPSA) is 39.1 Å². The van der Waals surface area contributed by atoms with Crippen LogP contribution in [0.15, 0.2) is 18.2 Å². The zero-order valence-electron chi connectivity index (χ0n) is 13.4. The van der Waals surface area contributed by atoms with Gasteiger partial charge in [0.1, 0.15) is 0 Å². The Balaban J connectivity index is 1.67. The van der Waals surface area contributed by atoms with Crippen LogP contribution in [-0.2, 0) is 6.54 Å². The highest BCUT2D eigenvalue weighted by Crippen LogP contribution is 2.16. The Labute approximate surface area is 129 Å². The first kappa shape index (κ1) is 16.0. The number of nitriles is 1. The summed E-state index contributed by atoms with van der Waals surface area (Å²) in [7, 11) is 0. The fraction of sp³-hybridized carbons (Fsp3) is 0.611. The lowest BCUT2D eigenvalue weighted by atomic mass is 10.0. The third-order valence-electron chi connectivity index (χ3n) is 4.53. The highest BCUT2D eigenvalue weighted by Gasteiger charge is 2.16. The maximum absolute atomic E-state index is 8.87. The molecule has 1 aliphatic heterocycles. The van der Waals surface area contributed by atoms with Gasteiger partial charge < -0.3 is 10.2 Å². The molecule has 1 N–H and O–H groups in total. The Bertz CT molecular complexity index is 490. The van der Waals surface area contributed by atoms with E-state index in [2.05, 4.69) is 36.2 Å². The Hall–Kier alpha value is -1.37. The van der Waals surface area contributed by atoms with Crippen LogP contribution in [0.3, 0.4) is 0 Å². The smallest absolute Gasteiger partial charge is 0.0991 e. The van der Waals surface area contributed by atoms with Crippen LogP contribution in [0, 0.1) is 18.3 Å². The molecule has 1 saturated heterocycles. The molecule has 0 spiro atoms. The fourth-order valence-electron chi connectivity index (χ4n) is 3.08. The number of benzene rings is 1. The lowest BCUT2D eigenvalue weighted by molar-refractivity contribution is 0.159. The molecule has 1 aliphatic rings. The average molecular weight is 285 g/mol. The van der Waals surface area contributed by atoms with Crippen LogP contribution in [0.5, 0.6) is 0 Å². The van der Waals surface area contributed by atoms with Crippen LogP contribution in [0.25, 0.3) is 0 Å². The summed E-state index contributed by atoms with van der Waals surface area (Å²) in [6.07, 6.45) is 5.33. The minimum absolute atomic E-state index is 0.746. The number of hydrogen-bond acceptors (Lipinski definition) is 3. The second-order valence-corrected chi connectivity index (χ2v) is 6.16. The van der Waals surface area contributed by atoms with Gasteiger partial charge in [-0.3, -0.25) is 0 Å². The van der Waals surface area contributed by atoms with Gasteiger partial charge >= 0.3 is 0 Å². The van der Waals surface area contributed by atoms with Crippen molar-refractivity contribution in [2.75, 3.05) is 19.6 Å². The quantitative estimate of drug-likeness (QED) is 0.816. The Morgan fingerprint density at radius 2 is 2.24 bits per heavy atom. The van der Waals surface area contributed by atoms with Crippen molar-refractivity contribution >= 4 is 0 Å². The monoisotopic (exact) mass is 285 g/mol. The van der Waals surface area contributed by atoms with Gasteiger partial charge in [-0.25, -0.2) is 0 Å². The summed E-state index contributed by atoms with van der Waals surface area (Å²) in [5, 5.41) is 12.4. The molecule has 1 heterocycles. The number of aryl methyl sites for hydroxylation is 1. The zero-order valence-corrected chi connectivity index (χ0v) is 13.4. The lowest BCUT2D eigenvalue weighted by Crippen LogP contribution is -2.38. The highest BCUT2D eigenvalue weighted by molar-refractivity contribution is 5.37. The molecule has 0 aliphatic carbocycles. The molecule has 0 radical (unpaired) electrons. The third kappa shape index (κ3) is 4.84. The van der Waals surface area contributed by atoms with Gasteiger partial charge in [-0.15, -0.1) is 0 Å². The molecule has 21 heavy (non-hydrogen) atoms. The summed E-state index contributed by atoms with van der Waals surface area (Å²) < 4.78 is 0. The molecule has 0 saturated carbocycles. The van der Waals surface area contributed by atoms with Crippen molar-refractivity contribution < 1.29 is 0 Å². The van der Waals surface area contributed by atoms with Crippen molar-refractivity contribution in [1.82, 2.24) is 10.2 Å². The van der Waals surface area contributed by atoms with Gasteiger partial charge in [0.25, 0.3) is 0 Å². The van der Waals surface area contributed by atoms with E-state index in [1.165, 1.54) is 49.9 Å². The van der Waals surface area contributed by atoms with Crippen LogP contribution in [0.4, 0.5) is 0 Å². The Morgan fingerprint density at radius 1 is 1.38 bits per heavy atom. The summed E-state index contributed by atoms with van der Waals surface area (Å²) >= 11 is 0. The van der Waals surface area contributed by atoms with E-state index in [-0.39, 0.29) is 0 Å². The van der Waals surface area contributed by atoms with Gasteiger partial charge in [0, 0.05) is 12.6 Å². The van der Waals surface area contributed by atoms with E-state index in [0.29, 0.717) is 0 Å². The molecule has 1 aromatic rings. The second kappa shape index (κ2) is 8.17. The zero-order chi connectivity index (χ0) is 15.1. The van der Waals surface area contributed by atoms with E-state index in [1.54, 1.807) is 0 Å². The van der Waals surface area contributed by atoms with Crippen LogP contribution in [-0.4, -0.2) is 30.6 Å². The average Bonchev–Trinajstić information content (AvgIpc) is 2.50. The number of likely N-dealkylation sites (tertiary alicyclic amines) is 1. The van der Waals surface area contributed by atoms with E-state index in [4.69, 9.17) is 5.26 Å². The fourth-order valence-corrected chi connectivity index (χ4v) is 3.08. The molecule has 1 unspecified atom stereocenters. The van der Waals surface area contributed by atoms with Crippen LogP contribution < -0.4 is 5.32 Å². The van der Waals surface area contributed by atoms with E-state index < -0.39 is 0 Å². The molecule has 0 bridgehead atoms. The predicted molar refractivity (Wildman–Crippen MR) is 87.1 cm³/mol. The van der Waals surface area contributed by atoms with Gasteiger partial charge in [0.2, 0.25) is 0 Å². The number of hydrogen-bond donors (Lipinski definition) is 1. The molecule has 1 atom stereocenters. The molecular weight excluding hydrogens is 258 g/mol. The van der Waals surface area contributed by atoms with E-state index in [0.717, 1.165) is 24.7 Å². The van der Waals surface area contributed by atoms with E-state index >= 15 is 0 Å². The van der Waals surface area contributed by atoms with Crippen LogP contribution in [0.1, 0.15) is 49.3 Å².